The van der Waals surface area contributed by atoms with Gasteiger partial charge in [-0.15, -0.1) is 0 Å². The van der Waals surface area contributed by atoms with Crippen molar-refractivity contribution in [3.8, 4) is 16.9 Å². The van der Waals surface area contributed by atoms with E-state index < -0.39 is 0 Å². The molecule has 1 aliphatic rings. The van der Waals surface area contributed by atoms with E-state index in [1.807, 2.05) is 36.7 Å². The summed E-state index contributed by atoms with van der Waals surface area (Å²) < 4.78 is 21.0. The van der Waals surface area contributed by atoms with Crippen LogP contribution in [0.3, 0.4) is 0 Å². The van der Waals surface area contributed by atoms with Crippen LogP contribution in [0.4, 0.5) is 4.39 Å². The molecule has 0 aliphatic carbocycles. The maximum Gasteiger partial charge on any atom is 0.156 e. The zero-order chi connectivity index (χ0) is 21.2. The summed E-state index contributed by atoms with van der Waals surface area (Å²) in [6.45, 7) is 2.82. The Morgan fingerprint density at radius 1 is 1.16 bits per heavy atom. The highest BCUT2D eigenvalue weighted by Crippen LogP contribution is 2.31. The zero-order valence-electron chi connectivity index (χ0n) is 17.4. The van der Waals surface area contributed by atoms with Gasteiger partial charge in [0.05, 0.1) is 12.8 Å². The molecule has 1 fully saturated rings. The van der Waals surface area contributed by atoms with E-state index in [0.29, 0.717) is 11.3 Å². The Labute approximate surface area is 180 Å². The Kier molecular flexibility index (Phi) is 5.34. The van der Waals surface area contributed by atoms with Crippen LogP contribution in [0.2, 0.25) is 0 Å². The molecule has 1 unspecified atom stereocenters. The molecule has 5 rings (SSSR count). The highest BCUT2D eigenvalue weighted by atomic mass is 19.1. The summed E-state index contributed by atoms with van der Waals surface area (Å²) in [5.41, 5.74) is 3.40. The lowest BCUT2D eigenvalue weighted by atomic mass is 9.97. The van der Waals surface area contributed by atoms with E-state index in [9.17, 15) is 4.39 Å². The number of piperidine rings is 1. The topological polar surface area (TPSA) is 55.5 Å². The van der Waals surface area contributed by atoms with Gasteiger partial charge in [0.15, 0.2) is 11.5 Å². The molecule has 1 aromatic carbocycles. The normalized spacial score (nSPS) is 17.2. The molecule has 1 atom stereocenters. The van der Waals surface area contributed by atoms with Crippen molar-refractivity contribution < 1.29 is 9.13 Å². The molecule has 7 heteroatoms. The highest BCUT2D eigenvalue weighted by molar-refractivity contribution is 5.71. The first-order valence-electron chi connectivity index (χ1n) is 10.5. The molecule has 31 heavy (non-hydrogen) atoms. The van der Waals surface area contributed by atoms with Gasteiger partial charge >= 0.3 is 0 Å². The van der Waals surface area contributed by atoms with Crippen molar-refractivity contribution in [2.75, 3.05) is 20.2 Å². The van der Waals surface area contributed by atoms with Gasteiger partial charge in [0.1, 0.15) is 11.6 Å². The smallest absolute Gasteiger partial charge is 0.156 e. The minimum absolute atomic E-state index is 0.282. The third kappa shape index (κ3) is 4.14. The minimum Gasteiger partial charge on any atom is -0.496 e. The summed E-state index contributed by atoms with van der Waals surface area (Å²) in [4.78, 5) is 11.6. The Bertz CT molecular complexity index is 1190. The zero-order valence-corrected chi connectivity index (χ0v) is 17.4. The van der Waals surface area contributed by atoms with Crippen LogP contribution in [0.15, 0.2) is 60.9 Å². The van der Waals surface area contributed by atoms with Crippen LogP contribution in [0.1, 0.15) is 30.3 Å². The number of methoxy groups -OCH3 is 1. The molecule has 0 amide bonds. The monoisotopic (exact) mass is 417 g/mol. The van der Waals surface area contributed by atoms with Crippen molar-refractivity contribution in [2.24, 2.45) is 0 Å². The second-order valence-corrected chi connectivity index (χ2v) is 7.93. The van der Waals surface area contributed by atoms with E-state index >= 15 is 0 Å². The molecular weight excluding hydrogens is 393 g/mol. The Balaban J connectivity index is 1.39. The predicted molar refractivity (Wildman–Crippen MR) is 116 cm³/mol. The van der Waals surface area contributed by atoms with Crippen LogP contribution < -0.4 is 4.74 Å². The van der Waals surface area contributed by atoms with Crippen LogP contribution in [0.5, 0.6) is 5.75 Å². The van der Waals surface area contributed by atoms with E-state index in [1.54, 1.807) is 17.7 Å². The van der Waals surface area contributed by atoms with Gasteiger partial charge in [0.2, 0.25) is 0 Å². The van der Waals surface area contributed by atoms with Gasteiger partial charge in [0.25, 0.3) is 0 Å². The van der Waals surface area contributed by atoms with Crippen molar-refractivity contribution in [3.63, 3.8) is 0 Å². The Morgan fingerprint density at radius 3 is 2.94 bits per heavy atom. The largest absolute Gasteiger partial charge is 0.496 e. The second-order valence-electron chi connectivity index (χ2n) is 7.93. The van der Waals surface area contributed by atoms with Gasteiger partial charge in [-0.2, -0.15) is 5.10 Å². The Morgan fingerprint density at radius 2 is 2.10 bits per heavy atom. The third-order valence-corrected chi connectivity index (χ3v) is 5.80. The molecule has 6 nitrogen and oxygen atoms in total. The first-order valence-corrected chi connectivity index (χ1v) is 10.5. The van der Waals surface area contributed by atoms with Crippen LogP contribution in [0, 0.1) is 5.82 Å². The summed E-state index contributed by atoms with van der Waals surface area (Å²) >= 11 is 0. The fourth-order valence-corrected chi connectivity index (χ4v) is 4.27. The maximum absolute atomic E-state index is 13.8. The average Bonchev–Trinajstić information content (AvgIpc) is 3.23. The van der Waals surface area contributed by atoms with E-state index in [-0.39, 0.29) is 11.7 Å². The number of hydrogen-bond acceptors (Lipinski definition) is 5. The number of pyridine rings is 2. The molecule has 0 radical (unpaired) electrons. The second kappa shape index (κ2) is 8.43. The molecule has 1 aliphatic heterocycles. The molecule has 4 heterocycles. The van der Waals surface area contributed by atoms with Crippen LogP contribution in [0.25, 0.3) is 16.8 Å². The van der Waals surface area contributed by atoms with Crippen molar-refractivity contribution >= 4 is 5.65 Å². The summed E-state index contributed by atoms with van der Waals surface area (Å²) in [7, 11) is 1.59. The molecule has 3 aromatic heterocycles. The fraction of sp³-hybridized carbons (Fsp3) is 0.292. The highest BCUT2D eigenvalue weighted by Gasteiger charge is 2.25. The van der Waals surface area contributed by atoms with Crippen molar-refractivity contribution in [1.29, 1.82) is 0 Å². The van der Waals surface area contributed by atoms with Crippen LogP contribution >= 0.6 is 0 Å². The van der Waals surface area contributed by atoms with E-state index in [4.69, 9.17) is 14.8 Å². The summed E-state index contributed by atoms with van der Waals surface area (Å²) in [6.07, 6.45) is 5.90. The van der Waals surface area contributed by atoms with E-state index in [0.717, 1.165) is 55.2 Å². The van der Waals surface area contributed by atoms with Crippen LogP contribution in [-0.2, 0) is 6.54 Å². The number of aromatic nitrogens is 4. The van der Waals surface area contributed by atoms with Gasteiger partial charge in [0, 0.05) is 42.5 Å². The number of likely N-dealkylation sites (tertiary alicyclic amines) is 1. The molecule has 1 saturated heterocycles. The number of ether oxygens (including phenoxy) is 1. The third-order valence-electron chi connectivity index (χ3n) is 5.80. The lowest BCUT2D eigenvalue weighted by Gasteiger charge is -2.31. The lowest BCUT2D eigenvalue weighted by Crippen LogP contribution is -2.34. The van der Waals surface area contributed by atoms with Gasteiger partial charge in [-0.05, 0) is 61.9 Å². The number of hydrogen-bond donors (Lipinski definition) is 0. The standard InChI is InChI=1S/C24H24FN5O/c1-31-22-9-8-19(25)13-21(22)17-7-10-23-27-24(28-30(23)15-17)18-5-4-12-29(14-18)16-20-6-2-3-11-26-20/h2-3,6-11,13,15,18H,4-5,12,14,16H2,1H3. The SMILES string of the molecule is COc1ccc(F)cc1-c1ccc2nc(C3CCCN(Cc4ccccn4)C3)nn2c1. The predicted octanol–water partition coefficient (Wildman–Crippen LogP) is 4.32. The molecule has 158 valence electrons. The van der Waals surface area contributed by atoms with Crippen molar-refractivity contribution in [3.05, 3.63) is 78.3 Å². The van der Waals surface area contributed by atoms with Crippen molar-refractivity contribution in [2.45, 2.75) is 25.3 Å². The number of halogens is 1. The Hall–Kier alpha value is -3.32. The van der Waals surface area contributed by atoms with Gasteiger partial charge < -0.3 is 4.74 Å². The van der Waals surface area contributed by atoms with Gasteiger partial charge in [-0.3, -0.25) is 9.88 Å². The summed E-state index contributed by atoms with van der Waals surface area (Å²) in [5.74, 6) is 1.46. The number of nitrogens with zero attached hydrogens (tertiary/aromatic N) is 5. The molecule has 0 bridgehead atoms. The number of fused-ring (bicyclic) bond motifs is 1. The molecule has 0 saturated carbocycles. The first kappa shape index (κ1) is 19.6. The molecule has 0 spiro atoms. The number of rotatable bonds is 5. The summed E-state index contributed by atoms with van der Waals surface area (Å²) in [6, 6.07) is 14.4. The van der Waals surface area contributed by atoms with Gasteiger partial charge in [-0.25, -0.2) is 13.9 Å². The maximum atomic E-state index is 13.8. The van der Waals surface area contributed by atoms with Crippen molar-refractivity contribution in [1.82, 2.24) is 24.5 Å². The average molecular weight is 417 g/mol. The van der Waals surface area contributed by atoms with E-state index in [1.165, 1.54) is 12.1 Å². The lowest BCUT2D eigenvalue weighted by molar-refractivity contribution is 0.194. The quantitative estimate of drug-likeness (QED) is 0.484. The minimum atomic E-state index is -0.301. The molecule has 0 N–H and O–H groups in total. The number of benzene rings is 1. The molecular formula is C24H24FN5O. The van der Waals surface area contributed by atoms with Crippen LogP contribution in [-0.4, -0.2) is 44.7 Å². The van der Waals surface area contributed by atoms with Gasteiger partial charge in [-0.1, -0.05) is 6.07 Å². The summed E-state index contributed by atoms with van der Waals surface area (Å²) in [5, 5.41) is 4.77. The first-order chi connectivity index (χ1) is 15.2. The molecule has 4 aromatic rings. The fourth-order valence-electron chi connectivity index (χ4n) is 4.27. The van der Waals surface area contributed by atoms with E-state index in [2.05, 4.69) is 16.0 Å².